The molecule has 7 heteroatoms. The SMILES string of the molecule is COc1ccc(-c2nc(SCCC(=O)[O-])n[nH]2)cc1. The van der Waals surface area contributed by atoms with E-state index in [0.29, 0.717) is 16.7 Å². The number of H-pyrrole nitrogens is 1. The Bertz CT molecular complexity index is 554. The zero-order valence-electron chi connectivity index (χ0n) is 10.3. The van der Waals surface area contributed by atoms with Gasteiger partial charge in [-0.2, -0.15) is 0 Å². The van der Waals surface area contributed by atoms with Crippen molar-refractivity contribution in [3.8, 4) is 17.1 Å². The van der Waals surface area contributed by atoms with Gasteiger partial charge in [-0.3, -0.25) is 5.10 Å². The summed E-state index contributed by atoms with van der Waals surface area (Å²) >= 11 is 1.27. The number of nitrogens with one attached hydrogen (secondary N) is 1. The highest BCUT2D eigenvalue weighted by molar-refractivity contribution is 7.99. The number of aliphatic carboxylic acids is 1. The van der Waals surface area contributed by atoms with Crippen LogP contribution in [0.15, 0.2) is 29.4 Å². The minimum Gasteiger partial charge on any atom is -0.550 e. The van der Waals surface area contributed by atoms with Crippen molar-refractivity contribution >= 4 is 17.7 Å². The molecule has 1 N–H and O–H groups in total. The van der Waals surface area contributed by atoms with E-state index in [0.717, 1.165) is 11.3 Å². The summed E-state index contributed by atoms with van der Waals surface area (Å²) < 4.78 is 5.07. The topological polar surface area (TPSA) is 90.9 Å². The molecular weight excluding hydrogens is 266 g/mol. The van der Waals surface area contributed by atoms with Crippen LogP contribution in [-0.4, -0.2) is 34.0 Å². The highest BCUT2D eigenvalue weighted by Gasteiger charge is 2.06. The van der Waals surface area contributed by atoms with Gasteiger partial charge in [0.25, 0.3) is 0 Å². The number of nitrogens with zero attached hydrogens (tertiary/aromatic N) is 2. The number of carboxylic acids is 1. The molecule has 0 aliphatic heterocycles. The van der Waals surface area contributed by atoms with Crippen LogP contribution in [0.1, 0.15) is 6.42 Å². The molecule has 0 radical (unpaired) electrons. The Morgan fingerprint density at radius 3 is 2.79 bits per heavy atom. The quantitative estimate of drug-likeness (QED) is 0.783. The van der Waals surface area contributed by atoms with Crippen LogP contribution in [0.25, 0.3) is 11.4 Å². The van der Waals surface area contributed by atoms with Crippen molar-refractivity contribution in [3.05, 3.63) is 24.3 Å². The van der Waals surface area contributed by atoms with E-state index >= 15 is 0 Å². The van der Waals surface area contributed by atoms with Gasteiger partial charge in [0, 0.05) is 17.3 Å². The monoisotopic (exact) mass is 278 g/mol. The van der Waals surface area contributed by atoms with Crippen LogP contribution in [-0.2, 0) is 4.79 Å². The standard InChI is InChI=1S/C12H13N3O3S/c1-18-9-4-2-8(3-5-9)11-13-12(15-14-11)19-7-6-10(16)17/h2-5H,6-7H2,1H3,(H,16,17)(H,13,14,15)/p-1. The third kappa shape index (κ3) is 3.72. The Labute approximate surface area is 114 Å². The van der Waals surface area contributed by atoms with Gasteiger partial charge in [0.2, 0.25) is 5.16 Å². The molecule has 100 valence electrons. The average molecular weight is 278 g/mol. The van der Waals surface area contributed by atoms with Gasteiger partial charge in [-0.25, -0.2) is 4.98 Å². The number of methoxy groups -OCH3 is 1. The first-order valence-electron chi connectivity index (χ1n) is 5.58. The molecule has 0 unspecified atom stereocenters. The number of thioether (sulfide) groups is 1. The van der Waals surface area contributed by atoms with Crippen molar-refractivity contribution in [1.82, 2.24) is 15.2 Å². The smallest absolute Gasteiger partial charge is 0.208 e. The molecule has 0 bridgehead atoms. The third-order valence-electron chi connectivity index (χ3n) is 2.37. The molecule has 2 rings (SSSR count). The molecule has 0 atom stereocenters. The number of ether oxygens (including phenoxy) is 1. The predicted molar refractivity (Wildman–Crippen MR) is 68.7 cm³/mol. The largest absolute Gasteiger partial charge is 0.550 e. The zero-order valence-corrected chi connectivity index (χ0v) is 11.1. The Hall–Kier alpha value is -2.02. The van der Waals surface area contributed by atoms with Gasteiger partial charge in [-0.05, 0) is 30.7 Å². The van der Waals surface area contributed by atoms with E-state index in [-0.39, 0.29) is 6.42 Å². The first kappa shape index (κ1) is 13.4. The Kier molecular flexibility index (Phi) is 4.40. The van der Waals surface area contributed by atoms with E-state index in [1.165, 1.54) is 11.8 Å². The van der Waals surface area contributed by atoms with Gasteiger partial charge in [0.1, 0.15) is 5.75 Å². The lowest BCUT2D eigenvalue weighted by atomic mass is 10.2. The molecule has 0 fully saturated rings. The number of aromatic nitrogens is 3. The summed E-state index contributed by atoms with van der Waals surface area (Å²) in [6.07, 6.45) is -0.0168. The number of rotatable bonds is 6. The van der Waals surface area contributed by atoms with Crippen LogP contribution in [0.4, 0.5) is 0 Å². The highest BCUT2D eigenvalue weighted by Crippen LogP contribution is 2.21. The van der Waals surface area contributed by atoms with Crippen LogP contribution >= 0.6 is 11.8 Å². The van der Waals surface area contributed by atoms with E-state index in [1.807, 2.05) is 24.3 Å². The first-order chi connectivity index (χ1) is 9.19. The lowest BCUT2D eigenvalue weighted by Crippen LogP contribution is -2.22. The summed E-state index contributed by atoms with van der Waals surface area (Å²) in [5, 5.41) is 17.6. The normalized spacial score (nSPS) is 10.4. The maximum Gasteiger partial charge on any atom is 0.208 e. The summed E-state index contributed by atoms with van der Waals surface area (Å²) in [6, 6.07) is 7.41. The lowest BCUT2D eigenvalue weighted by Gasteiger charge is -2.00. The van der Waals surface area contributed by atoms with Gasteiger partial charge in [-0.1, -0.05) is 11.8 Å². The van der Waals surface area contributed by atoms with E-state index < -0.39 is 5.97 Å². The van der Waals surface area contributed by atoms with Crippen molar-refractivity contribution in [2.45, 2.75) is 11.6 Å². The summed E-state index contributed by atoms with van der Waals surface area (Å²) in [6.45, 7) is 0. The fourth-order valence-corrected chi connectivity index (χ4v) is 2.13. The number of carbonyl (C=O) groups is 1. The average Bonchev–Trinajstić information content (AvgIpc) is 2.87. The Morgan fingerprint density at radius 1 is 1.42 bits per heavy atom. The summed E-state index contributed by atoms with van der Waals surface area (Å²) in [4.78, 5) is 14.6. The first-order valence-corrected chi connectivity index (χ1v) is 6.57. The molecule has 0 saturated carbocycles. The molecule has 2 aromatic rings. The third-order valence-corrected chi connectivity index (χ3v) is 3.21. The molecule has 0 aliphatic carbocycles. The predicted octanol–water partition coefficient (Wildman–Crippen LogP) is 0.712. The Morgan fingerprint density at radius 2 is 2.16 bits per heavy atom. The molecule has 6 nitrogen and oxygen atoms in total. The van der Waals surface area contributed by atoms with Gasteiger partial charge in [-0.15, -0.1) is 5.10 Å². The van der Waals surface area contributed by atoms with E-state index in [2.05, 4.69) is 15.2 Å². The van der Waals surface area contributed by atoms with Gasteiger partial charge < -0.3 is 14.6 Å². The van der Waals surface area contributed by atoms with E-state index in [9.17, 15) is 9.90 Å². The molecule has 1 heterocycles. The Balaban J connectivity index is 2.01. The van der Waals surface area contributed by atoms with Gasteiger partial charge >= 0.3 is 0 Å². The lowest BCUT2D eigenvalue weighted by molar-refractivity contribution is -0.305. The summed E-state index contributed by atoms with van der Waals surface area (Å²) in [5.41, 5.74) is 0.889. The molecular formula is C12H12N3O3S-. The van der Waals surface area contributed by atoms with Gasteiger partial charge in [0.15, 0.2) is 5.82 Å². The molecule has 0 aliphatic rings. The second kappa shape index (κ2) is 6.24. The van der Waals surface area contributed by atoms with Crippen molar-refractivity contribution in [2.24, 2.45) is 0 Å². The number of carboxylic acid groups (broad SMARTS) is 1. The fourth-order valence-electron chi connectivity index (χ4n) is 1.41. The minimum absolute atomic E-state index is 0.0168. The summed E-state index contributed by atoms with van der Waals surface area (Å²) in [5.74, 6) is 0.728. The second-order valence-electron chi connectivity index (χ2n) is 3.67. The van der Waals surface area contributed by atoms with E-state index in [4.69, 9.17) is 4.74 Å². The van der Waals surface area contributed by atoms with Crippen molar-refractivity contribution < 1.29 is 14.6 Å². The number of aromatic amines is 1. The van der Waals surface area contributed by atoms with Crippen molar-refractivity contribution in [3.63, 3.8) is 0 Å². The zero-order chi connectivity index (χ0) is 13.7. The molecule has 1 aromatic carbocycles. The van der Waals surface area contributed by atoms with Crippen LogP contribution < -0.4 is 9.84 Å². The maximum absolute atomic E-state index is 10.3. The molecule has 0 saturated heterocycles. The second-order valence-corrected chi connectivity index (χ2v) is 4.73. The molecule has 0 spiro atoms. The van der Waals surface area contributed by atoms with Crippen molar-refractivity contribution in [1.29, 1.82) is 0 Å². The van der Waals surface area contributed by atoms with Crippen LogP contribution in [0, 0.1) is 0 Å². The molecule has 1 aromatic heterocycles. The van der Waals surface area contributed by atoms with Crippen LogP contribution in [0.2, 0.25) is 0 Å². The number of hydrogen-bond donors (Lipinski definition) is 1. The number of carbonyl (C=O) groups excluding carboxylic acids is 1. The number of hydrogen-bond acceptors (Lipinski definition) is 6. The minimum atomic E-state index is -1.07. The highest BCUT2D eigenvalue weighted by atomic mass is 32.2. The molecule has 0 amide bonds. The molecule has 19 heavy (non-hydrogen) atoms. The van der Waals surface area contributed by atoms with Crippen LogP contribution in [0.5, 0.6) is 5.75 Å². The van der Waals surface area contributed by atoms with E-state index in [1.54, 1.807) is 7.11 Å². The van der Waals surface area contributed by atoms with Gasteiger partial charge in [0.05, 0.1) is 7.11 Å². The number of benzene rings is 1. The maximum atomic E-state index is 10.3. The summed E-state index contributed by atoms with van der Waals surface area (Å²) in [7, 11) is 1.61. The van der Waals surface area contributed by atoms with Crippen LogP contribution in [0.3, 0.4) is 0 Å². The fraction of sp³-hybridized carbons (Fsp3) is 0.250. The van der Waals surface area contributed by atoms with Crippen molar-refractivity contribution in [2.75, 3.05) is 12.9 Å².